The minimum atomic E-state index is -5.67. The van der Waals surface area contributed by atoms with E-state index in [0.717, 1.165) is 0 Å². The second kappa shape index (κ2) is 15.1. The minimum absolute atomic E-state index is 0.0412. The van der Waals surface area contributed by atoms with Gasteiger partial charge in [-0.15, -0.1) is 0 Å². The van der Waals surface area contributed by atoms with Crippen molar-refractivity contribution < 1.29 is 65.0 Å². The first-order valence-corrected chi connectivity index (χ1v) is 16.5. The highest BCUT2D eigenvalue weighted by Crippen LogP contribution is 2.58. The van der Waals surface area contributed by atoms with Crippen LogP contribution in [0.25, 0.3) is 6.08 Å². The summed E-state index contributed by atoms with van der Waals surface area (Å²) < 4.78 is 97.2. The molecule has 0 spiro atoms. The fourth-order valence-electron chi connectivity index (χ4n) is 3.73. The summed E-state index contributed by atoms with van der Waals surface area (Å²) in [5, 5.41) is 4.15. The number of carbonyl (C=O) groups excluding carboxylic acids is 2. The Hall–Kier alpha value is -3.33. The topological polar surface area (TPSA) is 182 Å². The van der Waals surface area contributed by atoms with Crippen LogP contribution >= 0.6 is 38.4 Å². The molecule has 0 aromatic heterocycles. The summed E-state index contributed by atoms with van der Waals surface area (Å²) in [6, 6.07) is 8.53. The fourth-order valence-corrected chi connectivity index (χ4v) is 6.40. The summed E-state index contributed by atoms with van der Waals surface area (Å²) in [5.41, 5.74) is -3.79. The highest BCUT2D eigenvalue weighted by molar-refractivity contribution is 7.70. The quantitative estimate of drug-likeness (QED) is 0.0503. The van der Waals surface area contributed by atoms with Crippen LogP contribution in [0, 0.1) is 29.1 Å². The molecule has 0 saturated carbocycles. The molecular weight excluding hydrogens is 712 g/mol. The predicted molar refractivity (Wildman–Crippen MR) is 154 cm³/mol. The van der Waals surface area contributed by atoms with Gasteiger partial charge in [-0.05, 0) is 35.9 Å². The highest BCUT2D eigenvalue weighted by Gasteiger charge is 2.45. The molecule has 0 radical (unpaired) electrons. The molecule has 1 atom stereocenters. The van der Waals surface area contributed by atoms with Crippen molar-refractivity contribution in [1.82, 2.24) is 10.6 Å². The van der Waals surface area contributed by atoms with E-state index in [4.69, 9.17) is 27.9 Å². The van der Waals surface area contributed by atoms with Gasteiger partial charge in [-0.2, -0.15) is 0 Å². The molecule has 0 aliphatic carbocycles. The van der Waals surface area contributed by atoms with Crippen LogP contribution in [0.4, 0.5) is 22.0 Å². The van der Waals surface area contributed by atoms with Crippen molar-refractivity contribution in [2.75, 3.05) is 0 Å². The smallest absolute Gasteiger partial charge is 0.360 e. The number of ether oxygens (including phenoxy) is 1. The molecule has 2 amide bonds. The van der Waals surface area contributed by atoms with Gasteiger partial charge in [0.15, 0.2) is 23.3 Å². The molecule has 0 saturated heterocycles. The van der Waals surface area contributed by atoms with E-state index in [2.05, 4.69) is 0 Å². The van der Waals surface area contributed by atoms with Crippen LogP contribution in [0.15, 0.2) is 48.5 Å². The molecule has 0 unspecified atom stereocenters. The zero-order valence-electron chi connectivity index (χ0n) is 22.6. The van der Waals surface area contributed by atoms with Gasteiger partial charge in [-0.3, -0.25) is 18.7 Å². The zero-order valence-corrected chi connectivity index (χ0v) is 25.9. The average Bonchev–Trinajstić information content (AvgIpc) is 2.96. The van der Waals surface area contributed by atoms with Gasteiger partial charge in [-0.25, -0.2) is 22.0 Å². The van der Waals surface area contributed by atoms with Gasteiger partial charge in [0.25, 0.3) is 0 Å². The average molecular weight is 733 g/mol. The second-order valence-electron chi connectivity index (χ2n) is 9.28. The van der Waals surface area contributed by atoms with Gasteiger partial charge in [0.1, 0.15) is 18.4 Å². The molecule has 0 aliphatic rings. The monoisotopic (exact) mass is 732 g/mol. The Balaban J connectivity index is 1.86. The van der Waals surface area contributed by atoms with E-state index in [-0.39, 0.29) is 24.0 Å². The standard InChI is InChI=1S/C26H21Cl2F5N2O9P2/c27-16-2-1-3-17(28)15(16)11-44-13-6-4-12(5-7-13)10-18(25(37)35-26(45(38,39)40)46(41,42)43)34-19(36)9-8-14-20(29)22(31)24(33)23(32)21(14)30/h1-9,18,26H,10-11H2,(H,34,36)(H,35,37)(H2,38,39,40)(H2,41,42,43)/t18-/m0/s1. The molecule has 0 aliphatic heterocycles. The van der Waals surface area contributed by atoms with E-state index in [9.17, 15) is 60.2 Å². The Morgan fingerprint density at radius 2 is 1.30 bits per heavy atom. The molecule has 0 bridgehead atoms. The van der Waals surface area contributed by atoms with Crippen LogP contribution in [-0.2, 0) is 31.7 Å². The number of hydrogen-bond acceptors (Lipinski definition) is 5. The largest absolute Gasteiger partial charge is 0.489 e. The molecule has 3 aromatic carbocycles. The fraction of sp³-hybridized carbons (Fsp3) is 0.154. The van der Waals surface area contributed by atoms with E-state index in [1.807, 2.05) is 5.32 Å². The first-order valence-electron chi connectivity index (χ1n) is 12.4. The molecule has 6 N–H and O–H groups in total. The predicted octanol–water partition coefficient (Wildman–Crippen LogP) is 4.76. The normalized spacial score (nSPS) is 12.8. The maximum atomic E-state index is 14.0. The molecule has 0 fully saturated rings. The maximum Gasteiger partial charge on any atom is 0.360 e. The van der Waals surface area contributed by atoms with E-state index in [1.54, 1.807) is 18.2 Å². The number of rotatable bonds is 12. The van der Waals surface area contributed by atoms with Gasteiger partial charge in [0, 0.05) is 28.1 Å². The van der Waals surface area contributed by atoms with Crippen molar-refractivity contribution in [3.63, 3.8) is 0 Å². The molecule has 3 aromatic rings. The van der Waals surface area contributed by atoms with Gasteiger partial charge >= 0.3 is 15.2 Å². The Labute approximate surface area is 266 Å². The van der Waals surface area contributed by atoms with Crippen LogP contribution in [0.1, 0.15) is 16.7 Å². The van der Waals surface area contributed by atoms with Crippen molar-refractivity contribution in [3.8, 4) is 5.75 Å². The van der Waals surface area contributed by atoms with Crippen LogP contribution in [-0.4, -0.2) is 43.0 Å². The summed E-state index contributed by atoms with van der Waals surface area (Å²) in [5.74, 6) is -14.2. The SMILES string of the molecule is O=C(C=Cc1c(F)c(F)c(F)c(F)c1F)N[C@@H](Cc1ccc(OCc2c(Cl)cccc2Cl)cc1)C(=O)NC(P(=O)(O)O)P(=O)(O)O. The second-order valence-corrected chi connectivity index (χ2v) is 13.9. The first-order chi connectivity index (χ1) is 21.3. The molecule has 20 heteroatoms. The van der Waals surface area contributed by atoms with Crippen molar-refractivity contribution in [2.45, 2.75) is 24.6 Å². The molecule has 0 heterocycles. The van der Waals surface area contributed by atoms with Gasteiger partial charge in [0.2, 0.25) is 23.2 Å². The van der Waals surface area contributed by atoms with Crippen LogP contribution < -0.4 is 15.4 Å². The van der Waals surface area contributed by atoms with E-state index >= 15 is 0 Å². The lowest BCUT2D eigenvalue weighted by Gasteiger charge is -2.24. The lowest BCUT2D eigenvalue weighted by Crippen LogP contribution is -2.50. The Bertz CT molecular complexity index is 1700. The van der Waals surface area contributed by atoms with Crippen molar-refractivity contribution in [1.29, 1.82) is 0 Å². The van der Waals surface area contributed by atoms with Crippen LogP contribution in [0.2, 0.25) is 10.0 Å². The molecule has 3 rings (SSSR count). The van der Waals surface area contributed by atoms with Crippen molar-refractivity contribution >= 4 is 56.3 Å². The van der Waals surface area contributed by atoms with Crippen LogP contribution in [0.3, 0.4) is 0 Å². The summed E-state index contributed by atoms with van der Waals surface area (Å²) in [6.07, 6.45) is -0.00950. The number of nitrogens with one attached hydrogen (secondary N) is 2. The summed E-state index contributed by atoms with van der Waals surface area (Å²) >= 11 is 12.2. The van der Waals surface area contributed by atoms with Gasteiger partial charge in [-0.1, -0.05) is 41.4 Å². The summed E-state index contributed by atoms with van der Waals surface area (Å²) in [6.45, 7) is -0.0412. The zero-order chi connectivity index (χ0) is 34.6. The first kappa shape index (κ1) is 37.1. The molecule has 248 valence electrons. The number of benzene rings is 3. The molecule has 11 nitrogen and oxygen atoms in total. The Morgan fingerprint density at radius 1 is 0.804 bits per heavy atom. The van der Waals surface area contributed by atoms with Crippen LogP contribution in [0.5, 0.6) is 5.75 Å². The molecular formula is C26H21Cl2F5N2O9P2. The third-order valence-corrected chi connectivity index (χ3v) is 10.0. The lowest BCUT2D eigenvalue weighted by atomic mass is 10.0. The third-order valence-electron chi connectivity index (χ3n) is 5.99. The maximum absolute atomic E-state index is 14.0. The number of halogens is 7. The summed E-state index contributed by atoms with van der Waals surface area (Å²) in [7, 11) is -11.3. The molecule has 46 heavy (non-hydrogen) atoms. The van der Waals surface area contributed by atoms with Gasteiger partial charge in [0.05, 0.1) is 5.56 Å². The van der Waals surface area contributed by atoms with Crippen molar-refractivity contribution in [3.05, 3.63) is 104 Å². The highest BCUT2D eigenvalue weighted by atomic mass is 35.5. The Morgan fingerprint density at radius 3 is 1.80 bits per heavy atom. The number of amides is 2. The van der Waals surface area contributed by atoms with Crippen molar-refractivity contribution in [2.24, 2.45) is 0 Å². The minimum Gasteiger partial charge on any atom is -0.489 e. The summed E-state index contributed by atoms with van der Waals surface area (Å²) in [4.78, 5) is 62.9. The van der Waals surface area contributed by atoms with E-state index in [1.165, 1.54) is 29.6 Å². The Kier molecular flexibility index (Phi) is 12.1. The van der Waals surface area contributed by atoms with E-state index < -0.39 is 79.6 Å². The number of hydrogen-bond donors (Lipinski definition) is 6. The lowest BCUT2D eigenvalue weighted by molar-refractivity contribution is -0.127. The van der Waals surface area contributed by atoms with Gasteiger partial charge < -0.3 is 34.9 Å². The number of carbonyl (C=O) groups is 2. The third kappa shape index (κ3) is 9.36. The van der Waals surface area contributed by atoms with E-state index in [0.29, 0.717) is 21.7 Å².